The third kappa shape index (κ3) is 6.96. The second-order valence-corrected chi connectivity index (χ2v) is 1.53. The van der Waals surface area contributed by atoms with E-state index in [1.807, 2.05) is 43.4 Å². The second kappa shape index (κ2) is 6.96. The van der Waals surface area contributed by atoms with Crippen molar-refractivity contribution in [2.24, 2.45) is 0 Å². The summed E-state index contributed by atoms with van der Waals surface area (Å²) in [7, 11) is 0. The van der Waals surface area contributed by atoms with Gasteiger partial charge in [-0.3, -0.25) is 0 Å². The Bertz CT molecular complexity index is 136. The van der Waals surface area contributed by atoms with Crippen molar-refractivity contribution in [1.82, 2.24) is 0 Å². The second-order valence-electron chi connectivity index (χ2n) is 1.53. The lowest BCUT2D eigenvalue weighted by Gasteiger charge is -1.69. The van der Waals surface area contributed by atoms with Gasteiger partial charge in [0.2, 0.25) is 0 Å². The lowest BCUT2D eigenvalue weighted by atomic mass is 10.4. The fraction of sp³-hybridized carbons (Fsp3) is 0.111. The van der Waals surface area contributed by atoms with Crippen LogP contribution in [-0.2, 0) is 0 Å². The zero-order valence-corrected chi connectivity index (χ0v) is 5.75. The molecule has 0 aliphatic heterocycles. The smallest absolute Gasteiger partial charge is 0.0467 e. The highest BCUT2D eigenvalue weighted by atomic mass is 13.6. The van der Waals surface area contributed by atoms with E-state index in [9.17, 15) is 0 Å². The van der Waals surface area contributed by atoms with Gasteiger partial charge in [0.25, 0.3) is 0 Å². The molecule has 0 saturated carbocycles. The van der Waals surface area contributed by atoms with Crippen LogP contribution in [-0.4, -0.2) is 0 Å². The highest BCUT2D eigenvalue weighted by Gasteiger charge is 1.57. The zero-order valence-electron chi connectivity index (χ0n) is 5.75. The zero-order chi connectivity index (χ0) is 6.95. The van der Waals surface area contributed by atoms with Crippen LogP contribution in [0.3, 0.4) is 0 Å². The SMILES string of the molecule is C=C/C=C/C=C/C=CC. The molecule has 0 heteroatoms. The molecule has 0 amide bonds. The van der Waals surface area contributed by atoms with Crippen LogP contribution in [0.5, 0.6) is 0 Å². The summed E-state index contributed by atoms with van der Waals surface area (Å²) in [5.41, 5.74) is 0. The molecule has 0 aliphatic carbocycles. The average Bonchev–Trinajstić information content (AvgIpc) is 1.89. The summed E-state index contributed by atoms with van der Waals surface area (Å²) < 4.78 is 0. The Balaban J connectivity index is 3.46. The molecule has 0 aromatic carbocycles. The van der Waals surface area contributed by atoms with E-state index < -0.39 is 0 Å². The van der Waals surface area contributed by atoms with Crippen molar-refractivity contribution < 1.29 is 0 Å². The van der Waals surface area contributed by atoms with Crippen molar-refractivity contribution in [2.45, 2.75) is 6.92 Å². The Hall–Kier alpha value is -1.04. The van der Waals surface area contributed by atoms with E-state index in [-0.39, 0.29) is 0 Å². The first kappa shape index (κ1) is 7.96. The molecule has 0 rings (SSSR count). The molecule has 0 aromatic rings. The molecule has 0 aromatic heterocycles. The summed E-state index contributed by atoms with van der Waals surface area (Å²) in [6.45, 7) is 5.53. The summed E-state index contributed by atoms with van der Waals surface area (Å²) in [6.07, 6.45) is 13.5. The summed E-state index contributed by atoms with van der Waals surface area (Å²) in [5, 5.41) is 0. The van der Waals surface area contributed by atoms with Crippen molar-refractivity contribution in [3.63, 3.8) is 0 Å². The Kier molecular flexibility index (Phi) is 6.16. The molecule has 0 atom stereocenters. The molecule has 0 saturated heterocycles. The summed E-state index contributed by atoms with van der Waals surface area (Å²) in [5.74, 6) is 0. The highest BCUT2D eigenvalue weighted by Crippen LogP contribution is 1.79. The standard InChI is InChI=1S/C9H12/c1-3-5-7-9-8-6-4-2/h3-9H,1H2,2H3/b6-4?,7-5+,9-8+. The van der Waals surface area contributed by atoms with E-state index in [1.165, 1.54) is 0 Å². The third-order valence-corrected chi connectivity index (χ3v) is 0.773. The van der Waals surface area contributed by atoms with E-state index in [2.05, 4.69) is 6.58 Å². The van der Waals surface area contributed by atoms with E-state index in [1.54, 1.807) is 6.08 Å². The topological polar surface area (TPSA) is 0 Å². The summed E-state index contributed by atoms with van der Waals surface area (Å²) in [4.78, 5) is 0. The van der Waals surface area contributed by atoms with Crippen LogP contribution in [0.2, 0.25) is 0 Å². The van der Waals surface area contributed by atoms with E-state index in [0.29, 0.717) is 0 Å². The largest absolute Gasteiger partial charge is 0.0991 e. The normalized spacial score (nSPS) is 12.1. The first-order chi connectivity index (χ1) is 4.41. The molecule has 0 nitrogen and oxygen atoms in total. The fourth-order valence-corrected chi connectivity index (χ4v) is 0.382. The Morgan fingerprint density at radius 1 is 0.889 bits per heavy atom. The molecule has 0 radical (unpaired) electrons. The summed E-state index contributed by atoms with van der Waals surface area (Å²) in [6, 6.07) is 0. The molecule has 0 unspecified atom stereocenters. The van der Waals surface area contributed by atoms with Gasteiger partial charge in [-0.2, -0.15) is 0 Å². The van der Waals surface area contributed by atoms with Crippen molar-refractivity contribution in [3.05, 3.63) is 49.1 Å². The molecule has 0 bridgehead atoms. The van der Waals surface area contributed by atoms with Gasteiger partial charge in [0, 0.05) is 0 Å². The fourth-order valence-electron chi connectivity index (χ4n) is 0.382. The molecular weight excluding hydrogens is 108 g/mol. The maximum atomic E-state index is 3.54. The first-order valence-electron chi connectivity index (χ1n) is 2.99. The molecule has 0 N–H and O–H groups in total. The molecule has 0 fully saturated rings. The molecule has 48 valence electrons. The summed E-state index contributed by atoms with van der Waals surface area (Å²) >= 11 is 0. The van der Waals surface area contributed by atoms with E-state index >= 15 is 0 Å². The highest BCUT2D eigenvalue weighted by molar-refractivity contribution is 5.13. The number of hydrogen-bond acceptors (Lipinski definition) is 0. The lowest BCUT2D eigenvalue weighted by molar-refractivity contribution is 1.73. The molecular formula is C9H12. The van der Waals surface area contributed by atoms with Gasteiger partial charge in [0.05, 0.1) is 0 Å². The maximum absolute atomic E-state index is 3.54. The Morgan fingerprint density at radius 3 is 2.00 bits per heavy atom. The van der Waals surface area contributed by atoms with Crippen molar-refractivity contribution >= 4 is 0 Å². The Labute approximate surface area is 56.9 Å². The number of hydrogen-bond donors (Lipinski definition) is 0. The quantitative estimate of drug-likeness (QED) is 0.502. The number of rotatable bonds is 3. The van der Waals surface area contributed by atoms with Crippen LogP contribution in [0.4, 0.5) is 0 Å². The van der Waals surface area contributed by atoms with Crippen LogP contribution in [0.25, 0.3) is 0 Å². The lowest BCUT2D eigenvalue weighted by Crippen LogP contribution is -1.47. The molecule has 0 heterocycles. The van der Waals surface area contributed by atoms with Crippen molar-refractivity contribution in [3.8, 4) is 0 Å². The molecule has 0 aliphatic rings. The van der Waals surface area contributed by atoms with E-state index in [4.69, 9.17) is 0 Å². The van der Waals surface area contributed by atoms with Gasteiger partial charge in [-0.25, -0.2) is 0 Å². The van der Waals surface area contributed by atoms with Crippen molar-refractivity contribution in [2.75, 3.05) is 0 Å². The average molecular weight is 120 g/mol. The molecule has 0 spiro atoms. The van der Waals surface area contributed by atoms with Crippen LogP contribution in [0.15, 0.2) is 49.1 Å². The van der Waals surface area contributed by atoms with Crippen LogP contribution in [0.1, 0.15) is 6.92 Å². The van der Waals surface area contributed by atoms with E-state index in [0.717, 1.165) is 0 Å². The predicted molar refractivity (Wildman–Crippen MR) is 43.3 cm³/mol. The van der Waals surface area contributed by atoms with Gasteiger partial charge in [-0.15, -0.1) is 0 Å². The van der Waals surface area contributed by atoms with Crippen LogP contribution in [0, 0.1) is 0 Å². The van der Waals surface area contributed by atoms with Crippen LogP contribution < -0.4 is 0 Å². The first-order valence-corrected chi connectivity index (χ1v) is 2.99. The third-order valence-electron chi connectivity index (χ3n) is 0.773. The van der Waals surface area contributed by atoms with Gasteiger partial charge >= 0.3 is 0 Å². The van der Waals surface area contributed by atoms with Crippen LogP contribution >= 0.6 is 0 Å². The molecule has 9 heavy (non-hydrogen) atoms. The minimum Gasteiger partial charge on any atom is -0.0991 e. The number of allylic oxidation sites excluding steroid dienone is 7. The van der Waals surface area contributed by atoms with Gasteiger partial charge < -0.3 is 0 Å². The minimum atomic E-state index is 1.75. The van der Waals surface area contributed by atoms with Gasteiger partial charge in [-0.05, 0) is 6.92 Å². The van der Waals surface area contributed by atoms with Gasteiger partial charge in [0.1, 0.15) is 0 Å². The minimum absolute atomic E-state index is 1.75. The Morgan fingerprint density at radius 2 is 1.44 bits per heavy atom. The predicted octanol–water partition coefficient (Wildman–Crippen LogP) is 2.86. The van der Waals surface area contributed by atoms with Gasteiger partial charge in [-0.1, -0.05) is 49.1 Å². The van der Waals surface area contributed by atoms with Gasteiger partial charge in [0.15, 0.2) is 0 Å². The monoisotopic (exact) mass is 120 g/mol. The van der Waals surface area contributed by atoms with Crippen molar-refractivity contribution in [1.29, 1.82) is 0 Å². The maximum Gasteiger partial charge on any atom is -0.0467 e.